The van der Waals surface area contributed by atoms with E-state index >= 15 is 0 Å². The van der Waals surface area contributed by atoms with E-state index in [2.05, 4.69) is 49.4 Å². The first kappa shape index (κ1) is 33.4. The molecule has 22 heavy (non-hydrogen) atoms. The molecule has 0 unspecified atom stereocenters. The summed E-state index contributed by atoms with van der Waals surface area (Å²) in [6.45, 7) is 16.3. The van der Waals surface area contributed by atoms with Crippen LogP contribution in [-0.2, 0) is 0 Å². The van der Waals surface area contributed by atoms with Crippen LogP contribution in [0.2, 0.25) is 0 Å². The second kappa shape index (κ2) is 23.0. The number of nitroso groups, excluding NO2 is 1. The van der Waals surface area contributed by atoms with Gasteiger partial charge in [-0.2, -0.15) is 5.28 Å². The summed E-state index contributed by atoms with van der Waals surface area (Å²) < 4.78 is 0. The molecule has 0 radical (unpaired) electrons. The molecule has 0 aromatic heterocycles. The first-order valence-corrected chi connectivity index (χ1v) is 6.67. The molecule has 0 aromatic carbocycles. The third-order valence-electron chi connectivity index (χ3n) is 1.79. The fraction of sp³-hybridized carbons (Fsp3) is 1.00. The van der Waals surface area contributed by atoms with Crippen LogP contribution in [-0.4, -0.2) is 29.2 Å². The van der Waals surface area contributed by atoms with Crippen LogP contribution >= 0.6 is 0 Å². The first-order chi connectivity index (χ1) is 9.13. The average molecular weight is 304 g/mol. The van der Waals surface area contributed by atoms with Crippen molar-refractivity contribution in [2.75, 3.05) is 0 Å². The summed E-state index contributed by atoms with van der Waals surface area (Å²) in [5, 5.41) is 23.4. The van der Waals surface area contributed by atoms with E-state index in [0.717, 1.165) is 0 Å². The topological polar surface area (TPSA) is 121 Å². The van der Waals surface area contributed by atoms with E-state index in [9.17, 15) is 5.21 Å². The van der Waals surface area contributed by atoms with Crippen LogP contribution in [0, 0.1) is 10.1 Å². The minimum Gasteiger partial charge on any atom is -0.774 e. The molecule has 2 N–H and O–H groups in total. The number of rotatable bonds is 5. The van der Waals surface area contributed by atoms with Crippen molar-refractivity contribution in [2.45, 2.75) is 79.6 Å². The van der Waals surface area contributed by atoms with Gasteiger partial charge in [-0.3, -0.25) is 10.9 Å². The van der Waals surface area contributed by atoms with Crippen LogP contribution in [0.3, 0.4) is 0 Å². The molecule has 0 saturated heterocycles. The molecular weight excluding hydrogens is 274 g/mol. The molecule has 0 saturated carbocycles. The van der Waals surface area contributed by atoms with Crippen LogP contribution in [0.15, 0.2) is 15.8 Å². The molecule has 0 aliphatic heterocycles. The third-order valence-corrected chi connectivity index (χ3v) is 1.79. The van der Waals surface area contributed by atoms with Gasteiger partial charge < -0.3 is 10.5 Å². The Morgan fingerprint density at radius 1 is 0.909 bits per heavy atom. The van der Waals surface area contributed by atoms with Gasteiger partial charge in [0, 0.05) is 17.4 Å². The monoisotopic (exact) mass is 304 g/mol. The molecular formula is C12H30Li2N6O2. The molecule has 122 valence electrons. The predicted molar refractivity (Wildman–Crippen MR) is 83.9 cm³/mol. The van der Waals surface area contributed by atoms with Crippen molar-refractivity contribution in [2.24, 2.45) is 21.6 Å². The number of nitrogens with two attached hydrogens (primary N) is 1. The van der Waals surface area contributed by atoms with Gasteiger partial charge in [-0.25, -0.2) is 0 Å². The Bertz CT molecular complexity index is 228. The number of hydrogen-bond acceptors (Lipinski definition) is 5. The molecule has 0 heterocycles. The van der Waals surface area contributed by atoms with Crippen molar-refractivity contribution in [1.82, 2.24) is 5.01 Å². The second-order valence-corrected chi connectivity index (χ2v) is 5.18. The molecule has 8 nitrogen and oxygen atoms in total. The Hall–Kier alpha value is -0.245. The normalized spacial score (nSPS) is 9.45. The zero-order valence-corrected chi connectivity index (χ0v) is 15.9. The van der Waals surface area contributed by atoms with Crippen LogP contribution in [0.5, 0.6) is 0 Å². The van der Waals surface area contributed by atoms with Gasteiger partial charge in [0.25, 0.3) is 0 Å². The SMILES string of the molecule is CC(C)N(/N=N/[O-])C(C)C.CC(C)[N-]C(C)C.NN=O.[Li+].[Li+]. The second-order valence-electron chi connectivity index (χ2n) is 5.18. The summed E-state index contributed by atoms with van der Waals surface area (Å²) in [6, 6.07) is 1.47. The minimum absolute atomic E-state index is 0. The quantitative estimate of drug-likeness (QED) is 0.203. The van der Waals surface area contributed by atoms with Crippen LogP contribution in [0.25, 0.3) is 5.32 Å². The smallest absolute Gasteiger partial charge is 0.774 e. The molecule has 0 rings (SSSR count). The Kier molecular flexibility index (Phi) is 34.9. The third kappa shape index (κ3) is 31.9. The Morgan fingerprint density at radius 3 is 1.23 bits per heavy atom. The van der Waals surface area contributed by atoms with Gasteiger partial charge in [0.1, 0.15) is 0 Å². The molecule has 0 fully saturated rings. The number of hydrogen-bond donors (Lipinski definition) is 1. The largest absolute Gasteiger partial charge is 1.00 e. The maximum Gasteiger partial charge on any atom is 1.00 e. The van der Waals surface area contributed by atoms with Crippen molar-refractivity contribution < 1.29 is 37.7 Å². The summed E-state index contributed by atoms with van der Waals surface area (Å²) in [5.41, 5.74) is 0. The molecule has 0 bridgehead atoms. The Morgan fingerprint density at radius 2 is 1.18 bits per heavy atom. The predicted octanol–water partition coefficient (Wildman–Crippen LogP) is -2.22. The molecule has 10 heteroatoms. The van der Waals surface area contributed by atoms with E-state index in [0.29, 0.717) is 12.1 Å². The van der Waals surface area contributed by atoms with E-state index in [1.54, 1.807) is 10.3 Å². The summed E-state index contributed by atoms with van der Waals surface area (Å²) in [5.74, 6) is 3.92. The average Bonchev–Trinajstić information content (AvgIpc) is 2.24. The van der Waals surface area contributed by atoms with Crippen molar-refractivity contribution in [1.29, 1.82) is 0 Å². The molecule has 0 spiro atoms. The van der Waals surface area contributed by atoms with Gasteiger partial charge in [0.15, 0.2) is 0 Å². The van der Waals surface area contributed by atoms with Crippen molar-refractivity contribution >= 4 is 0 Å². The van der Waals surface area contributed by atoms with E-state index in [-0.39, 0.29) is 49.8 Å². The van der Waals surface area contributed by atoms with E-state index in [4.69, 9.17) is 4.91 Å². The summed E-state index contributed by atoms with van der Waals surface area (Å²) in [7, 11) is 0. The maximum atomic E-state index is 9.77. The molecule has 0 amide bonds. The van der Waals surface area contributed by atoms with Gasteiger partial charge >= 0.3 is 37.7 Å². The maximum absolute atomic E-state index is 9.77. The first-order valence-electron chi connectivity index (χ1n) is 6.67. The standard InChI is InChI=1S/C6H15N3O.C6H14N.2Li.H2N2O/c1-5(2)9(6(3)4)7-8-10;1-5(2)7-6(3)4;;;1-2-3/h5-6H,1-4H3,(H,7,10);5-6H,1-4H3;;;(H2,1,3)/q;-1;2*+1;/p-1. The molecule has 0 aliphatic carbocycles. The van der Waals surface area contributed by atoms with Crippen LogP contribution in [0.1, 0.15) is 55.4 Å². The van der Waals surface area contributed by atoms with Crippen LogP contribution in [0.4, 0.5) is 0 Å². The van der Waals surface area contributed by atoms with Gasteiger partial charge in [-0.1, -0.05) is 32.9 Å². The van der Waals surface area contributed by atoms with Gasteiger partial charge in [0.05, 0.1) is 0 Å². The van der Waals surface area contributed by atoms with Gasteiger partial charge in [-0.15, -0.1) is 17.0 Å². The molecule has 0 aliphatic rings. The number of nitrogens with zero attached hydrogens (tertiary/aromatic N) is 5. The minimum atomic E-state index is 0. The molecule has 0 atom stereocenters. The fourth-order valence-corrected chi connectivity index (χ4v) is 1.44. The summed E-state index contributed by atoms with van der Waals surface area (Å²) in [6.07, 6.45) is 0. The van der Waals surface area contributed by atoms with Crippen LogP contribution < -0.4 is 43.6 Å². The Balaban J connectivity index is -0.0000000711. The fourth-order valence-electron chi connectivity index (χ4n) is 1.44. The van der Waals surface area contributed by atoms with E-state index in [1.807, 2.05) is 27.7 Å². The van der Waals surface area contributed by atoms with Gasteiger partial charge in [-0.05, 0) is 27.7 Å². The summed E-state index contributed by atoms with van der Waals surface area (Å²) in [4.78, 5) is 8.33. The van der Waals surface area contributed by atoms with Crippen molar-refractivity contribution in [3.8, 4) is 0 Å². The molecule has 0 aromatic rings. The zero-order chi connectivity index (χ0) is 16.7. The summed E-state index contributed by atoms with van der Waals surface area (Å²) >= 11 is 0. The van der Waals surface area contributed by atoms with E-state index in [1.165, 1.54) is 0 Å². The van der Waals surface area contributed by atoms with Crippen molar-refractivity contribution in [3.63, 3.8) is 0 Å². The van der Waals surface area contributed by atoms with Gasteiger partial charge in [0.2, 0.25) is 0 Å². The van der Waals surface area contributed by atoms with Crippen molar-refractivity contribution in [3.05, 3.63) is 15.4 Å². The zero-order valence-electron chi connectivity index (χ0n) is 15.9. The Labute approximate surface area is 159 Å². The van der Waals surface area contributed by atoms with E-state index < -0.39 is 0 Å².